The molecule has 0 aliphatic carbocycles. The van der Waals surface area contributed by atoms with E-state index in [9.17, 15) is 5.11 Å². The van der Waals surface area contributed by atoms with Crippen LogP contribution >= 0.6 is 0 Å². The van der Waals surface area contributed by atoms with Gasteiger partial charge in [0.2, 0.25) is 0 Å². The Hall–Kier alpha value is -0.120. The lowest BCUT2D eigenvalue weighted by molar-refractivity contribution is -0.0168. The molecule has 0 aromatic heterocycles. The molecule has 0 fully saturated rings. The average Bonchev–Trinajstić information content (AvgIpc) is 1.98. The fourth-order valence-electron chi connectivity index (χ4n) is 0.706. The van der Waals surface area contributed by atoms with Gasteiger partial charge in [-0.15, -0.1) is 0 Å². The maximum absolute atomic E-state index is 9.30. The minimum Gasteiger partial charge on any atom is -0.377 e. The molecule has 0 saturated carbocycles. The van der Waals surface area contributed by atoms with Crippen LogP contribution in [0.25, 0.3) is 0 Å². The zero-order chi connectivity index (χ0) is 8.85. The Kier molecular flexibility index (Phi) is 5.46. The van der Waals surface area contributed by atoms with Crippen LogP contribution in [0.2, 0.25) is 0 Å². The molecule has 0 bridgehead atoms. The van der Waals surface area contributed by atoms with Crippen LogP contribution in [0, 0.1) is 5.92 Å². The number of hydrogen-bond acceptors (Lipinski definition) is 3. The van der Waals surface area contributed by atoms with Gasteiger partial charge in [0.25, 0.3) is 0 Å². The van der Waals surface area contributed by atoms with Crippen molar-refractivity contribution in [3.63, 3.8) is 0 Å². The van der Waals surface area contributed by atoms with Crippen LogP contribution in [0.4, 0.5) is 0 Å². The lowest BCUT2D eigenvalue weighted by Gasteiger charge is -2.23. The third kappa shape index (κ3) is 5.18. The van der Waals surface area contributed by atoms with Gasteiger partial charge in [-0.3, -0.25) is 5.43 Å². The Labute approximate surface area is 69.4 Å². The van der Waals surface area contributed by atoms with Crippen molar-refractivity contribution in [3.05, 3.63) is 0 Å². The molecule has 0 radical (unpaired) electrons. The van der Waals surface area contributed by atoms with Crippen molar-refractivity contribution < 1.29 is 5.11 Å². The third-order valence-electron chi connectivity index (χ3n) is 1.56. The second kappa shape index (κ2) is 5.52. The first-order chi connectivity index (χ1) is 5.07. The first kappa shape index (κ1) is 10.9. The maximum atomic E-state index is 9.30. The lowest BCUT2D eigenvalue weighted by atomic mass is 10.2. The van der Waals surface area contributed by atoms with Gasteiger partial charge in [-0.25, -0.2) is 5.01 Å². The predicted octanol–water partition coefficient (Wildman–Crippen LogP) is 0.807. The molecule has 0 heterocycles. The van der Waals surface area contributed by atoms with Gasteiger partial charge in [0.1, 0.15) is 6.23 Å². The van der Waals surface area contributed by atoms with Crippen LogP contribution in [0.15, 0.2) is 0 Å². The minimum atomic E-state index is -0.367. The second-order valence-electron chi connectivity index (χ2n) is 3.26. The molecule has 2 N–H and O–H groups in total. The van der Waals surface area contributed by atoms with Crippen LogP contribution in [0.3, 0.4) is 0 Å². The SMILES string of the molecule is CC[C@@H](O)N(C)NCC(C)C. The van der Waals surface area contributed by atoms with Crippen LogP contribution in [0.5, 0.6) is 0 Å². The van der Waals surface area contributed by atoms with Crippen LogP contribution in [-0.4, -0.2) is 29.9 Å². The summed E-state index contributed by atoms with van der Waals surface area (Å²) in [4.78, 5) is 0. The van der Waals surface area contributed by atoms with Gasteiger partial charge < -0.3 is 5.11 Å². The van der Waals surface area contributed by atoms with Crippen molar-refractivity contribution in [2.24, 2.45) is 5.92 Å². The van der Waals surface area contributed by atoms with Crippen molar-refractivity contribution in [1.29, 1.82) is 0 Å². The van der Waals surface area contributed by atoms with Gasteiger partial charge in [0.05, 0.1) is 0 Å². The van der Waals surface area contributed by atoms with Gasteiger partial charge in [0.15, 0.2) is 0 Å². The van der Waals surface area contributed by atoms with Gasteiger partial charge in [-0.05, 0) is 12.3 Å². The summed E-state index contributed by atoms with van der Waals surface area (Å²) in [5.41, 5.74) is 3.12. The lowest BCUT2D eigenvalue weighted by Crippen LogP contribution is -2.43. The van der Waals surface area contributed by atoms with Crippen molar-refractivity contribution >= 4 is 0 Å². The minimum absolute atomic E-state index is 0.367. The van der Waals surface area contributed by atoms with E-state index < -0.39 is 0 Å². The van der Waals surface area contributed by atoms with E-state index in [0.29, 0.717) is 5.92 Å². The molecule has 11 heavy (non-hydrogen) atoms. The molecule has 0 aliphatic rings. The summed E-state index contributed by atoms with van der Waals surface area (Å²) in [6.07, 6.45) is 0.385. The molecule has 3 nitrogen and oxygen atoms in total. The standard InChI is InChI=1S/C8H20N2O/c1-5-8(11)10(4)9-6-7(2)3/h7-9,11H,5-6H2,1-4H3/t8-/m1/s1. The van der Waals surface area contributed by atoms with E-state index in [0.717, 1.165) is 13.0 Å². The Balaban J connectivity index is 3.43. The molecule has 0 spiro atoms. The molecule has 1 atom stereocenters. The van der Waals surface area contributed by atoms with Crippen LogP contribution in [0.1, 0.15) is 27.2 Å². The smallest absolute Gasteiger partial charge is 0.119 e. The maximum Gasteiger partial charge on any atom is 0.119 e. The van der Waals surface area contributed by atoms with Crippen LogP contribution in [-0.2, 0) is 0 Å². The predicted molar refractivity (Wildman–Crippen MR) is 46.9 cm³/mol. The van der Waals surface area contributed by atoms with Gasteiger partial charge in [0, 0.05) is 13.6 Å². The summed E-state index contributed by atoms with van der Waals surface area (Å²) in [6, 6.07) is 0. The Morgan fingerprint density at radius 3 is 2.36 bits per heavy atom. The van der Waals surface area contributed by atoms with Gasteiger partial charge >= 0.3 is 0 Å². The summed E-state index contributed by atoms with van der Waals surface area (Å²) in [7, 11) is 1.86. The average molecular weight is 160 g/mol. The summed E-state index contributed by atoms with van der Waals surface area (Å²) in [6.45, 7) is 7.14. The van der Waals surface area contributed by atoms with E-state index in [-0.39, 0.29) is 6.23 Å². The van der Waals surface area contributed by atoms with Crippen molar-refractivity contribution in [1.82, 2.24) is 10.4 Å². The Morgan fingerprint density at radius 1 is 1.45 bits per heavy atom. The first-order valence-corrected chi connectivity index (χ1v) is 4.22. The Bertz CT molecular complexity index is 96.1. The normalized spacial score (nSPS) is 14.5. The topological polar surface area (TPSA) is 35.5 Å². The summed E-state index contributed by atoms with van der Waals surface area (Å²) in [5, 5.41) is 11.1. The van der Waals surface area contributed by atoms with Crippen molar-refractivity contribution in [2.75, 3.05) is 13.6 Å². The molecule has 0 aromatic rings. The molecular weight excluding hydrogens is 140 g/mol. The number of aliphatic hydroxyl groups excluding tert-OH is 1. The Morgan fingerprint density at radius 2 is 2.00 bits per heavy atom. The molecule has 0 amide bonds. The van der Waals surface area contributed by atoms with E-state index in [4.69, 9.17) is 0 Å². The summed E-state index contributed by atoms with van der Waals surface area (Å²) < 4.78 is 0. The van der Waals surface area contributed by atoms with E-state index in [1.807, 2.05) is 14.0 Å². The number of nitrogens with one attached hydrogen (secondary N) is 1. The second-order valence-corrected chi connectivity index (χ2v) is 3.26. The van der Waals surface area contributed by atoms with E-state index in [2.05, 4.69) is 19.3 Å². The quantitative estimate of drug-likeness (QED) is 0.461. The fraction of sp³-hybridized carbons (Fsp3) is 1.00. The molecule has 0 rings (SSSR count). The van der Waals surface area contributed by atoms with Gasteiger partial charge in [-0.1, -0.05) is 20.8 Å². The number of hydrazine groups is 1. The van der Waals surface area contributed by atoms with Crippen LogP contribution < -0.4 is 5.43 Å². The highest BCUT2D eigenvalue weighted by molar-refractivity contribution is 4.51. The van der Waals surface area contributed by atoms with Crippen molar-refractivity contribution in [3.8, 4) is 0 Å². The molecule has 3 heteroatoms. The van der Waals surface area contributed by atoms with E-state index in [1.54, 1.807) is 5.01 Å². The van der Waals surface area contributed by atoms with Gasteiger partial charge in [-0.2, -0.15) is 0 Å². The highest BCUT2D eigenvalue weighted by Crippen LogP contribution is 1.94. The molecular formula is C8H20N2O. The highest BCUT2D eigenvalue weighted by atomic mass is 16.3. The number of nitrogens with zero attached hydrogens (tertiary/aromatic N) is 1. The molecule has 0 unspecified atom stereocenters. The molecule has 68 valence electrons. The summed E-state index contributed by atoms with van der Waals surface area (Å²) >= 11 is 0. The summed E-state index contributed by atoms with van der Waals surface area (Å²) in [5.74, 6) is 0.613. The highest BCUT2D eigenvalue weighted by Gasteiger charge is 2.06. The number of rotatable bonds is 5. The number of hydrogen-bond donors (Lipinski definition) is 2. The van der Waals surface area contributed by atoms with E-state index in [1.165, 1.54) is 0 Å². The monoisotopic (exact) mass is 160 g/mol. The fourth-order valence-corrected chi connectivity index (χ4v) is 0.706. The molecule has 0 aromatic carbocycles. The third-order valence-corrected chi connectivity index (χ3v) is 1.56. The number of aliphatic hydroxyl groups is 1. The van der Waals surface area contributed by atoms with E-state index >= 15 is 0 Å². The first-order valence-electron chi connectivity index (χ1n) is 4.22. The zero-order valence-corrected chi connectivity index (χ0v) is 7.96. The van der Waals surface area contributed by atoms with Crippen molar-refractivity contribution in [2.45, 2.75) is 33.4 Å². The molecule has 0 saturated heterocycles. The zero-order valence-electron chi connectivity index (χ0n) is 7.96. The molecule has 0 aliphatic heterocycles. The largest absolute Gasteiger partial charge is 0.377 e.